The molecule has 9 rings (SSSR count). The zero-order valence-electron chi connectivity index (χ0n) is 42.3. The largest absolute Gasteiger partial charge is 0.478 e. The summed E-state index contributed by atoms with van der Waals surface area (Å²) in [6, 6.07) is 35.6. The molecule has 0 aliphatic heterocycles. The van der Waals surface area contributed by atoms with Crippen LogP contribution >= 0.6 is 11.6 Å². The molecule has 0 radical (unpaired) electrons. The van der Waals surface area contributed by atoms with Crippen molar-refractivity contribution >= 4 is 75.6 Å². The van der Waals surface area contributed by atoms with Gasteiger partial charge in [0.05, 0.1) is 28.3 Å². The Bertz CT molecular complexity index is 3210. The number of rotatable bonds is 12. The molecule has 6 aromatic rings. The molecule has 0 unspecified atom stereocenters. The number of ketones is 6. The number of hydrogen-bond donors (Lipinski definition) is 5. The number of carbonyl (C=O) groups is 9. The molecule has 6 aromatic carbocycles. The van der Waals surface area contributed by atoms with E-state index in [9.17, 15) is 43.2 Å². The summed E-state index contributed by atoms with van der Waals surface area (Å²) in [5.41, 5.74) is 11.4. The average molecular weight is 1060 g/mol. The second kappa shape index (κ2) is 27.4. The van der Waals surface area contributed by atoms with Crippen molar-refractivity contribution in [2.75, 3.05) is 50.1 Å². The van der Waals surface area contributed by atoms with E-state index < -0.39 is 17.9 Å². The Balaban J connectivity index is 0.000000198. The SMILES string of the molecule is C=C(C)C(=O)O.C=C(C)C(=O)OCCNc1cccc2c1C(=O)c1ccccc1C2=O.C=C(C)C(=O)OCCNc1cccc2c1C(=O)c1ccccc1C2=O.NCCO.O=C1c2ccccc2C(=O)c2c(Cl)cccc21. The number of carboxylic acids is 1. The van der Waals surface area contributed by atoms with Crippen LogP contribution in [0, 0.1) is 0 Å². The van der Waals surface area contributed by atoms with Crippen LogP contribution in [0.25, 0.3) is 0 Å². The second-order valence-electron chi connectivity index (χ2n) is 17.0. The van der Waals surface area contributed by atoms with Gasteiger partial charge in [0.2, 0.25) is 0 Å². The van der Waals surface area contributed by atoms with Crippen LogP contribution in [0.3, 0.4) is 0 Å². The summed E-state index contributed by atoms with van der Waals surface area (Å²) in [7, 11) is 0. The average Bonchev–Trinajstić information content (AvgIpc) is 3.45. The number of benzene rings is 6. The number of esters is 2. The van der Waals surface area contributed by atoms with E-state index in [0.717, 1.165) is 0 Å². The number of aliphatic carboxylic acids is 1. The highest BCUT2D eigenvalue weighted by Gasteiger charge is 2.33. The first kappa shape index (κ1) is 58.7. The minimum atomic E-state index is -0.935. The van der Waals surface area contributed by atoms with Gasteiger partial charge in [0, 0.05) is 97.8 Å². The van der Waals surface area contributed by atoms with Crippen LogP contribution in [0.4, 0.5) is 11.4 Å². The molecule has 3 aliphatic carbocycles. The van der Waals surface area contributed by atoms with Crippen molar-refractivity contribution in [3.05, 3.63) is 236 Å². The smallest absolute Gasteiger partial charge is 0.333 e. The lowest BCUT2D eigenvalue weighted by Gasteiger charge is -2.20. The highest BCUT2D eigenvalue weighted by Crippen LogP contribution is 2.34. The van der Waals surface area contributed by atoms with Crippen molar-refractivity contribution in [2.45, 2.75) is 20.8 Å². The molecule has 0 spiro atoms. The van der Waals surface area contributed by atoms with Gasteiger partial charge >= 0.3 is 17.9 Å². The standard InChI is InChI=1S/2C20H17NO4.C14H7ClO2.C4H6O2.C2H7NO/c2*1-12(2)20(24)25-11-10-21-16-9-5-8-15-17(16)19(23)14-7-4-3-6-13(14)18(15)22;15-11-7-3-6-10-12(11)14(17)9-5-2-1-4-8(9)13(10)16;1-3(2)4(5)6;3-1-2-4/h2*3-9,21H,1,10-11H2,2H3;1-7H;1H2,2H3,(H,5,6);4H,1-3H2. The number of ether oxygens (including phenoxy) is 2. The topological polar surface area (TPSA) is 263 Å². The molecule has 17 heteroatoms. The fraction of sp³-hybridized carbons (Fsp3) is 0.150. The second-order valence-corrected chi connectivity index (χ2v) is 17.4. The molecule has 0 fully saturated rings. The third kappa shape index (κ3) is 14.1. The van der Waals surface area contributed by atoms with Crippen LogP contribution in [0.5, 0.6) is 0 Å². The van der Waals surface area contributed by atoms with Crippen molar-refractivity contribution in [3.63, 3.8) is 0 Å². The van der Waals surface area contributed by atoms with Gasteiger partial charge in [-0.2, -0.15) is 0 Å². The van der Waals surface area contributed by atoms with Gasteiger partial charge in [0.15, 0.2) is 34.7 Å². The molecule has 0 saturated heterocycles. The minimum absolute atomic E-state index is 0.0972. The van der Waals surface area contributed by atoms with E-state index in [1.165, 1.54) is 6.92 Å². The molecule has 0 heterocycles. The molecular formula is C60H54ClN3O13. The van der Waals surface area contributed by atoms with Gasteiger partial charge in [0.1, 0.15) is 13.2 Å². The summed E-state index contributed by atoms with van der Waals surface area (Å²) in [5, 5.41) is 22.1. The quantitative estimate of drug-likeness (QED) is 0.0435. The lowest BCUT2D eigenvalue weighted by molar-refractivity contribution is -0.139. The van der Waals surface area contributed by atoms with Gasteiger partial charge in [-0.1, -0.05) is 141 Å². The number of aliphatic hydroxyl groups is 1. The number of nitrogens with two attached hydrogens (primary N) is 1. The third-order valence-corrected chi connectivity index (χ3v) is 11.6. The van der Waals surface area contributed by atoms with Crippen molar-refractivity contribution in [2.24, 2.45) is 5.73 Å². The molecule has 0 saturated carbocycles. The summed E-state index contributed by atoms with van der Waals surface area (Å²) >= 11 is 6.00. The lowest BCUT2D eigenvalue weighted by Crippen LogP contribution is -2.23. The Kier molecular flexibility index (Phi) is 20.8. The molecule has 3 aliphatic rings. The molecule has 0 amide bonds. The molecule has 0 aromatic heterocycles. The lowest BCUT2D eigenvalue weighted by atomic mass is 9.83. The predicted molar refractivity (Wildman–Crippen MR) is 291 cm³/mol. The number of anilines is 2. The maximum absolute atomic E-state index is 12.8. The van der Waals surface area contributed by atoms with Crippen LogP contribution < -0.4 is 16.4 Å². The summed E-state index contributed by atoms with van der Waals surface area (Å²) in [5.74, 6) is -2.88. The number of carbonyl (C=O) groups excluding carboxylic acids is 8. The Morgan fingerprint density at radius 2 is 0.740 bits per heavy atom. The van der Waals surface area contributed by atoms with Gasteiger partial charge in [-0.3, -0.25) is 28.8 Å². The zero-order chi connectivity index (χ0) is 56.5. The van der Waals surface area contributed by atoms with Gasteiger partial charge < -0.3 is 36.1 Å². The van der Waals surface area contributed by atoms with E-state index >= 15 is 0 Å². The normalized spacial score (nSPS) is 11.8. The molecular weight excluding hydrogens is 1010 g/mol. The van der Waals surface area contributed by atoms with Gasteiger partial charge in [-0.25, -0.2) is 14.4 Å². The molecule has 394 valence electrons. The maximum atomic E-state index is 12.8. The first-order valence-corrected chi connectivity index (χ1v) is 24.1. The van der Waals surface area contributed by atoms with E-state index in [2.05, 4.69) is 30.4 Å². The van der Waals surface area contributed by atoms with Crippen LogP contribution in [0.2, 0.25) is 5.02 Å². The Morgan fingerprint density at radius 3 is 1.04 bits per heavy atom. The Morgan fingerprint density at radius 1 is 0.468 bits per heavy atom. The molecule has 77 heavy (non-hydrogen) atoms. The number of halogens is 1. The van der Waals surface area contributed by atoms with E-state index in [1.807, 2.05) is 0 Å². The highest BCUT2D eigenvalue weighted by molar-refractivity contribution is 6.39. The molecule has 0 bridgehead atoms. The first-order chi connectivity index (χ1) is 36.8. The predicted octanol–water partition coefficient (Wildman–Crippen LogP) is 8.69. The number of aliphatic hydroxyl groups excluding tert-OH is 1. The van der Waals surface area contributed by atoms with Crippen LogP contribution in [-0.2, 0) is 23.9 Å². The summed E-state index contributed by atoms with van der Waals surface area (Å²) < 4.78 is 10.0. The van der Waals surface area contributed by atoms with Crippen LogP contribution in [0.1, 0.15) is 116 Å². The van der Waals surface area contributed by atoms with Crippen LogP contribution in [0.15, 0.2) is 164 Å². The van der Waals surface area contributed by atoms with Crippen molar-refractivity contribution in [3.8, 4) is 0 Å². The van der Waals surface area contributed by atoms with Gasteiger partial charge in [0.25, 0.3) is 0 Å². The summed E-state index contributed by atoms with van der Waals surface area (Å²) in [6.07, 6.45) is 0. The monoisotopic (exact) mass is 1060 g/mol. The number of nitrogens with one attached hydrogen (secondary N) is 2. The molecule has 0 atom stereocenters. The van der Waals surface area contributed by atoms with E-state index in [-0.39, 0.29) is 60.1 Å². The highest BCUT2D eigenvalue weighted by atomic mass is 35.5. The number of carboxylic acid groups (broad SMARTS) is 1. The fourth-order valence-electron chi connectivity index (χ4n) is 7.59. The van der Waals surface area contributed by atoms with Crippen LogP contribution in [-0.4, -0.2) is 102 Å². The van der Waals surface area contributed by atoms with Crippen molar-refractivity contribution in [1.29, 1.82) is 0 Å². The fourth-order valence-corrected chi connectivity index (χ4v) is 7.85. The van der Waals surface area contributed by atoms with E-state index in [0.29, 0.717) is 114 Å². The van der Waals surface area contributed by atoms with Gasteiger partial charge in [-0.05, 0) is 39.0 Å². The number of fused-ring (bicyclic) bond motifs is 6. The zero-order valence-corrected chi connectivity index (χ0v) is 43.1. The minimum Gasteiger partial charge on any atom is -0.478 e. The number of hydrogen-bond acceptors (Lipinski definition) is 15. The van der Waals surface area contributed by atoms with Gasteiger partial charge in [-0.15, -0.1) is 0 Å². The molecule has 6 N–H and O–H groups in total. The molecule has 16 nitrogen and oxygen atoms in total. The first-order valence-electron chi connectivity index (χ1n) is 23.7. The van der Waals surface area contributed by atoms with Crippen molar-refractivity contribution < 1.29 is 62.8 Å². The summed E-state index contributed by atoms with van der Waals surface area (Å²) in [6.45, 7) is 16.1. The Labute approximate surface area is 448 Å². The summed E-state index contributed by atoms with van der Waals surface area (Å²) in [4.78, 5) is 108. The van der Waals surface area contributed by atoms with Crippen molar-refractivity contribution in [1.82, 2.24) is 0 Å². The van der Waals surface area contributed by atoms with E-state index in [4.69, 9.17) is 37.0 Å². The van der Waals surface area contributed by atoms with E-state index in [1.54, 1.807) is 141 Å². The third-order valence-electron chi connectivity index (χ3n) is 11.3. The Hall–Kier alpha value is -9.22. The maximum Gasteiger partial charge on any atom is 0.333 e.